The van der Waals surface area contributed by atoms with Gasteiger partial charge in [-0.2, -0.15) is 4.98 Å². The van der Waals surface area contributed by atoms with Gasteiger partial charge in [0.1, 0.15) is 0 Å². The molecule has 1 fully saturated rings. The number of aryl methyl sites for hydroxylation is 1. The molecule has 1 aromatic rings. The number of hydrogen-bond donors (Lipinski definition) is 1. The molecule has 0 bridgehead atoms. The second-order valence-electron chi connectivity index (χ2n) is 4.58. The average Bonchev–Trinajstić information content (AvgIpc) is 2.82. The average molecular weight is 250 g/mol. The zero-order valence-electron chi connectivity index (χ0n) is 11.3. The van der Waals surface area contributed by atoms with Crippen molar-refractivity contribution in [1.82, 2.24) is 14.9 Å². The summed E-state index contributed by atoms with van der Waals surface area (Å²) in [4.78, 5) is 11.1. The lowest BCUT2D eigenvalue weighted by Gasteiger charge is -2.15. The van der Waals surface area contributed by atoms with E-state index in [1.54, 1.807) is 0 Å². The molecule has 0 aliphatic carbocycles. The van der Waals surface area contributed by atoms with E-state index < -0.39 is 0 Å². The maximum atomic E-state index is 5.41. The summed E-state index contributed by atoms with van der Waals surface area (Å²) in [6, 6.07) is 1.86. The quantitative estimate of drug-likeness (QED) is 0.832. The Hall–Kier alpha value is -1.36. The highest BCUT2D eigenvalue weighted by Gasteiger charge is 2.10. The molecule has 0 atom stereocenters. The molecular weight excluding hydrogens is 228 g/mol. The minimum Gasteiger partial charge on any atom is -0.478 e. The third kappa shape index (κ3) is 3.84. The van der Waals surface area contributed by atoms with Crippen molar-refractivity contribution < 1.29 is 4.74 Å². The predicted octanol–water partition coefficient (Wildman–Crippen LogP) is 1.69. The Morgan fingerprint density at radius 2 is 2.11 bits per heavy atom. The van der Waals surface area contributed by atoms with E-state index in [2.05, 4.69) is 20.2 Å². The smallest absolute Gasteiger partial charge is 0.226 e. The van der Waals surface area contributed by atoms with Gasteiger partial charge in [0.25, 0.3) is 0 Å². The van der Waals surface area contributed by atoms with E-state index >= 15 is 0 Å². The zero-order chi connectivity index (χ0) is 12.8. The zero-order valence-corrected chi connectivity index (χ0v) is 11.3. The van der Waals surface area contributed by atoms with Gasteiger partial charge in [-0.05, 0) is 39.8 Å². The molecule has 2 rings (SSSR count). The number of nitrogens with zero attached hydrogens (tertiary/aromatic N) is 3. The van der Waals surface area contributed by atoms with Gasteiger partial charge in [-0.15, -0.1) is 0 Å². The fourth-order valence-corrected chi connectivity index (χ4v) is 2.17. The van der Waals surface area contributed by atoms with E-state index in [-0.39, 0.29) is 0 Å². The number of hydrogen-bond acceptors (Lipinski definition) is 5. The van der Waals surface area contributed by atoms with Crippen LogP contribution in [0.25, 0.3) is 0 Å². The Balaban J connectivity index is 1.83. The van der Waals surface area contributed by atoms with Crippen molar-refractivity contribution in [1.29, 1.82) is 0 Å². The molecule has 0 aromatic carbocycles. The molecule has 1 N–H and O–H groups in total. The number of nitrogens with one attached hydrogen (secondary N) is 1. The van der Waals surface area contributed by atoms with Crippen LogP contribution in [0.2, 0.25) is 0 Å². The van der Waals surface area contributed by atoms with Crippen LogP contribution in [0.3, 0.4) is 0 Å². The SMILES string of the molecule is CCOc1cc(C)nc(NCCN2CCCC2)n1. The van der Waals surface area contributed by atoms with Gasteiger partial charge in [-0.3, -0.25) is 0 Å². The molecule has 100 valence electrons. The number of likely N-dealkylation sites (tertiary alicyclic amines) is 1. The van der Waals surface area contributed by atoms with Crippen molar-refractivity contribution in [2.75, 3.05) is 38.1 Å². The second-order valence-corrected chi connectivity index (χ2v) is 4.58. The molecule has 18 heavy (non-hydrogen) atoms. The van der Waals surface area contributed by atoms with Crippen molar-refractivity contribution >= 4 is 5.95 Å². The van der Waals surface area contributed by atoms with Crippen molar-refractivity contribution in [3.63, 3.8) is 0 Å². The van der Waals surface area contributed by atoms with E-state index in [0.717, 1.165) is 18.8 Å². The van der Waals surface area contributed by atoms with Gasteiger partial charge in [-0.1, -0.05) is 0 Å². The maximum Gasteiger partial charge on any atom is 0.226 e. The van der Waals surface area contributed by atoms with Gasteiger partial charge in [0.2, 0.25) is 11.8 Å². The van der Waals surface area contributed by atoms with Crippen molar-refractivity contribution in [3.8, 4) is 5.88 Å². The van der Waals surface area contributed by atoms with Gasteiger partial charge in [-0.25, -0.2) is 4.98 Å². The molecule has 1 saturated heterocycles. The molecule has 1 aliphatic rings. The Kier molecular flexibility index (Phi) is 4.75. The molecule has 0 radical (unpaired) electrons. The Labute approximate surface area is 109 Å². The number of aromatic nitrogens is 2. The van der Waals surface area contributed by atoms with Crippen molar-refractivity contribution in [2.45, 2.75) is 26.7 Å². The summed E-state index contributed by atoms with van der Waals surface area (Å²) in [5, 5.41) is 3.27. The van der Waals surface area contributed by atoms with Crippen molar-refractivity contribution in [2.24, 2.45) is 0 Å². The summed E-state index contributed by atoms with van der Waals surface area (Å²) in [7, 11) is 0. The summed E-state index contributed by atoms with van der Waals surface area (Å²) in [5.41, 5.74) is 0.928. The highest BCUT2D eigenvalue weighted by molar-refractivity contribution is 5.30. The normalized spacial score (nSPS) is 15.9. The van der Waals surface area contributed by atoms with Gasteiger partial charge in [0.05, 0.1) is 6.61 Å². The van der Waals surface area contributed by atoms with Crippen molar-refractivity contribution in [3.05, 3.63) is 11.8 Å². The first-order valence-electron chi connectivity index (χ1n) is 6.72. The predicted molar refractivity (Wildman–Crippen MR) is 72.1 cm³/mol. The van der Waals surface area contributed by atoms with Gasteiger partial charge >= 0.3 is 0 Å². The van der Waals surface area contributed by atoms with Gasteiger partial charge < -0.3 is 15.0 Å². The van der Waals surface area contributed by atoms with Crippen LogP contribution in [0.1, 0.15) is 25.5 Å². The third-order valence-corrected chi connectivity index (χ3v) is 3.03. The van der Waals surface area contributed by atoms with Crippen LogP contribution in [0.5, 0.6) is 5.88 Å². The molecule has 5 nitrogen and oxygen atoms in total. The number of anilines is 1. The highest BCUT2D eigenvalue weighted by atomic mass is 16.5. The molecule has 1 aromatic heterocycles. The number of rotatable bonds is 6. The molecule has 1 aliphatic heterocycles. The van der Waals surface area contributed by atoms with Crippen LogP contribution in [-0.2, 0) is 0 Å². The number of ether oxygens (including phenoxy) is 1. The maximum absolute atomic E-state index is 5.41. The van der Waals surface area contributed by atoms with Gasteiger partial charge in [0.15, 0.2) is 0 Å². The van der Waals surface area contributed by atoms with E-state index in [1.807, 2.05) is 19.9 Å². The second kappa shape index (κ2) is 6.54. The molecule has 0 unspecified atom stereocenters. The van der Waals surface area contributed by atoms with E-state index in [9.17, 15) is 0 Å². The summed E-state index contributed by atoms with van der Waals surface area (Å²) >= 11 is 0. The summed E-state index contributed by atoms with van der Waals surface area (Å²) in [5.74, 6) is 1.31. The van der Waals surface area contributed by atoms with E-state index in [4.69, 9.17) is 4.74 Å². The topological polar surface area (TPSA) is 50.3 Å². The van der Waals surface area contributed by atoms with Crippen LogP contribution >= 0.6 is 0 Å². The standard InChI is InChI=1S/C13H22N4O/c1-3-18-12-10-11(2)15-13(16-12)14-6-9-17-7-4-5-8-17/h10H,3-9H2,1-2H3,(H,14,15,16). The van der Waals surface area contributed by atoms with Crippen LogP contribution in [0.4, 0.5) is 5.95 Å². The lowest BCUT2D eigenvalue weighted by atomic mass is 10.4. The van der Waals surface area contributed by atoms with Crippen LogP contribution in [-0.4, -0.2) is 47.7 Å². The Bertz CT molecular complexity index is 377. The van der Waals surface area contributed by atoms with Crippen LogP contribution in [0, 0.1) is 6.92 Å². The highest BCUT2D eigenvalue weighted by Crippen LogP contribution is 2.12. The molecule has 0 amide bonds. The fraction of sp³-hybridized carbons (Fsp3) is 0.692. The molecule has 2 heterocycles. The first-order valence-corrected chi connectivity index (χ1v) is 6.72. The fourth-order valence-electron chi connectivity index (χ4n) is 2.17. The lowest BCUT2D eigenvalue weighted by molar-refractivity contribution is 0.326. The summed E-state index contributed by atoms with van der Waals surface area (Å²) in [6.45, 7) is 8.93. The molecule has 5 heteroatoms. The van der Waals surface area contributed by atoms with E-state index in [1.165, 1.54) is 25.9 Å². The summed E-state index contributed by atoms with van der Waals surface area (Å²) < 4.78 is 5.41. The Morgan fingerprint density at radius 1 is 1.33 bits per heavy atom. The first kappa shape index (κ1) is 13.1. The minimum absolute atomic E-state index is 0.629. The Morgan fingerprint density at radius 3 is 2.83 bits per heavy atom. The lowest BCUT2D eigenvalue weighted by Crippen LogP contribution is -2.26. The monoisotopic (exact) mass is 250 g/mol. The van der Waals surface area contributed by atoms with Gasteiger partial charge in [0, 0.05) is 24.8 Å². The van der Waals surface area contributed by atoms with Crippen LogP contribution in [0.15, 0.2) is 6.07 Å². The van der Waals surface area contributed by atoms with E-state index in [0.29, 0.717) is 18.4 Å². The summed E-state index contributed by atoms with van der Waals surface area (Å²) in [6.07, 6.45) is 2.66. The molecule has 0 saturated carbocycles. The largest absolute Gasteiger partial charge is 0.478 e. The molecule has 0 spiro atoms. The third-order valence-electron chi connectivity index (χ3n) is 3.03. The minimum atomic E-state index is 0.629. The first-order chi connectivity index (χ1) is 8.78. The molecular formula is C13H22N4O. The van der Waals surface area contributed by atoms with Crippen LogP contribution < -0.4 is 10.1 Å².